The standard InChI is InChI=1S/C32H35Cl2N3O5S.C31H33Cl2N3O5S/c1-17(2)41-25-14-19(31(38)39-4)15-26-29(25)35-32(43-26)37(3)20-10-12-21(13-11-20)40-16-22-28(36-42-30(22)18-8-9-18)27-23(33)6-5-7-24(27)34;1-16(2)40-24-13-18(30(37)38)14-25-28(24)34-31(42-25)36(3)19-9-11-20(12-10-19)39-15-21-27(35-41-29(21)17-7-8-17)26-22(32)5-4-6-23(26)33/h5-7,14-15,17-18,20-21H,8-13,16H2,1-4H3;4-6,13-14,16-17,19-20H,7-12,15H2,1-3H3,(H,37,38). The molecule has 4 aromatic heterocycles. The lowest BCUT2D eigenvalue weighted by Gasteiger charge is -2.34. The summed E-state index contributed by atoms with van der Waals surface area (Å²) in [5.74, 6) is 2.27. The van der Waals surface area contributed by atoms with Gasteiger partial charge in [-0.2, -0.15) is 0 Å². The Kier molecular flexibility index (Phi) is 18.9. The molecule has 22 heteroatoms. The zero-order chi connectivity index (χ0) is 59.8. The second kappa shape index (κ2) is 26.3. The van der Waals surface area contributed by atoms with Gasteiger partial charge in [0, 0.05) is 60.3 Å². The van der Waals surface area contributed by atoms with E-state index < -0.39 is 11.9 Å². The van der Waals surface area contributed by atoms with Crippen LogP contribution in [-0.4, -0.2) is 95.0 Å². The fraction of sp³-hybridized carbons (Fsp3) is 0.460. The third-order valence-corrected chi connectivity index (χ3v) is 19.6. The number of carboxylic acids is 1. The number of carbonyl (C=O) groups is 2. The van der Waals surface area contributed by atoms with Gasteiger partial charge in [0.1, 0.15) is 45.4 Å². The van der Waals surface area contributed by atoms with Crippen molar-refractivity contribution in [3.63, 3.8) is 0 Å². The molecule has 4 saturated carbocycles. The zero-order valence-electron chi connectivity index (χ0n) is 48.4. The van der Waals surface area contributed by atoms with Crippen LogP contribution < -0.4 is 19.3 Å². The molecule has 85 heavy (non-hydrogen) atoms. The number of carbonyl (C=O) groups excluding carboxylic acids is 1. The lowest BCUT2D eigenvalue weighted by atomic mass is 9.92. The molecule has 0 saturated heterocycles. The molecule has 0 bridgehead atoms. The predicted octanol–water partition coefficient (Wildman–Crippen LogP) is 17.3. The van der Waals surface area contributed by atoms with E-state index in [9.17, 15) is 14.7 Å². The first-order chi connectivity index (χ1) is 40.9. The average molecular weight is 1280 g/mol. The van der Waals surface area contributed by atoms with Crippen molar-refractivity contribution in [3.8, 4) is 34.0 Å². The lowest BCUT2D eigenvalue weighted by Crippen LogP contribution is -2.37. The van der Waals surface area contributed by atoms with Gasteiger partial charge in [-0.15, -0.1) is 0 Å². The van der Waals surface area contributed by atoms with Crippen LogP contribution in [0.4, 0.5) is 10.3 Å². The quantitative estimate of drug-likeness (QED) is 0.0710. The van der Waals surface area contributed by atoms with Gasteiger partial charge < -0.3 is 47.6 Å². The van der Waals surface area contributed by atoms with Crippen LogP contribution in [-0.2, 0) is 27.4 Å². The number of aromatic carboxylic acids is 1. The number of hydrogen-bond donors (Lipinski definition) is 1. The maximum absolute atomic E-state index is 12.3. The molecule has 4 aliphatic carbocycles. The summed E-state index contributed by atoms with van der Waals surface area (Å²) in [5.41, 5.74) is 6.76. The number of aromatic nitrogens is 4. The number of anilines is 2. The largest absolute Gasteiger partial charge is 0.489 e. The number of ether oxygens (including phenoxy) is 5. The molecule has 4 aromatic carbocycles. The van der Waals surface area contributed by atoms with E-state index in [4.69, 9.17) is 89.1 Å². The van der Waals surface area contributed by atoms with Crippen molar-refractivity contribution in [2.24, 2.45) is 0 Å². The van der Waals surface area contributed by atoms with Crippen LogP contribution in [0.5, 0.6) is 11.5 Å². The molecule has 0 atom stereocenters. The van der Waals surface area contributed by atoms with Crippen LogP contribution in [0.1, 0.15) is 160 Å². The fourth-order valence-electron chi connectivity index (χ4n) is 11.3. The minimum Gasteiger partial charge on any atom is -0.489 e. The van der Waals surface area contributed by atoms with Gasteiger partial charge in [0.05, 0.1) is 85.4 Å². The molecule has 0 radical (unpaired) electrons. The molecule has 1 N–H and O–H groups in total. The summed E-state index contributed by atoms with van der Waals surface area (Å²) in [6.45, 7) is 8.57. The Morgan fingerprint density at radius 3 is 1.35 bits per heavy atom. The van der Waals surface area contributed by atoms with Crippen molar-refractivity contribution < 1.29 is 47.4 Å². The van der Waals surface area contributed by atoms with Crippen LogP contribution in [0, 0.1) is 0 Å². The van der Waals surface area contributed by atoms with Gasteiger partial charge in [-0.3, -0.25) is 0 Å². The van der Waals surface area contributed by atoms with Gasteiger partial charge in [0.25, 0.3) is 0 Å². The van der Waals surface area contributed by atoms with E-state index in [0.717, 1.165) is 125 Å². The van der Waals surface area contributed by atoms with E-state index >= 15 is 0 Å². The summed E-state index contributed by atoms with van der Waals surface area (Å²) < 4.78 is 43.2. The molecule has 16 nitrogen and oxygen atoms in total. The van der Waals surface area contributed by atoms with Crippen LogP contribution >= 0.6 is 69.1 Å². The Morgan fingerprint density at radius 1 is 0.600 bits per heavy atom. The van der Waals surface area contributed by atoms with Crippen LogP contribution in [0.2, 0.25) is 20.1 Å². The topological polar surface area (TPSA) is 185 Å². The number of fused-ring (bicyclic) bond motifs is 2. The Balaban J connectivity index is 0.000000177. The first kappa shape index (κ1) is 61.0. The summed E-state index contributed by atoms with van der Waals surface area (Å²) in [6, 6.07) is 18.3. The Bertz CT molecular complexity index is 3670. The molecule has 4 aliphatic rings. The van der Waals surface area contributed by atoms with Gasteiger partial charge in [0.15, 0.2) is 10.3 Å². The summed E-state index contributed by atoms with van der Waals surface area (Å²) >= 11 is 29.1. The monoisotopic (exact) mass is 1270 g/mol. The molecule has 8 aromatic rings. The zero-order valence-corrected chi connectivity index (χ0v) is 53.1. The number of rotatable bonds is 20. The number of hydrogen-bond acceptors (Lipinski definition) is 17. The van der Waals surface area contributed by atoms with Crippen LogP contribution in [0.15, 0.2) is 69.7 Å². The molecule has 450 valence electrons. The number of halogens is 4. The number of methoxy groups -OCH3 is 1. The number of carboxylic acid groups (broad SMARTS) is 1. The van der Waals surface area contributed by atoms with Crippen molar-refractivity contribution in [2.45, 2.75) is 166 Å². The third-order valence-electron chi connectivity index (χ3n) is 16.1. The van der Waals surface area contributed by atoms with E-state index in [2.05, 4.69) is 34.2 Å². The molecule has 12 rings (SSSR count). The van der Waals surface area contributed by atoms with E-state index in [1.807, 2.05) is 70.2 Å². The summed E-state index contributed by atoms with van der Waals surface area (Å²) in [7, 11) is 5.53. The van der Waals surface area contributed by atoms with E-state index in [1.54, 1.807) is 29.5 Å². The van der Waals surface area contributed by atoms with Gasteiger partial charge in [0.2, 0.25) is 0 Å². The average Bonchev–Trinajstić information content (AvgIpc) is 4.52. The number of esters is 1. The second-order valence-corrected chi connectivity index (χ2v) is 26.6. The van der Waals surface area contributed by atoms with Gasteiger partial charge in [-0.1, -0.05) is 91.5 Å². The highest BCUT2D eigenvalue weighted by molar-refractivity contribution is 7.22. The highest BCUT2D eigenvalue weighted by Crippen LogP contribution is 2.49. The predicted molar refractivity (Wildman–Crippen MR) is 335 cm³/mol. The van der Waals surface area contributed by atoms with E-state index in [1.165, 1.54) is 18.4 Å². The minimum atomic E-state index is -0.982. The lowest BCUT2D eigenvalue weighted by molar-refractivity contribution is 0.0130. The highest BCUT2D eigenvalue weighted by atomic mass is 35.5. The molecule has 0 amide bonds. The van der Waals surface area contributed by atoms with Gasteiger partial charge in [-0.25, -0.2) is 19.6 Å². The van der Waals surface area contributed by atoms with E-state index in [-0.39, 0.29) is 30.0 Å². The SMILES string of the molecule is CC(C)Oc1cc(C(=O)O)cc2sc(N(C)C3CCC(OCc4c(-c5c(Cl)cccc5Cl)noc4C4CC4)CC3)nc12.COC(=O)c1cc(OC(C)C)c2nc(N(C)C3CCC(OCc4c(-c5c(Cl)cccc5Cl)noc4C4CC4)CC3)sc2c1. The molecule has 4 fully saturated rings. The van der Waals surface area contributed by atoms with E-state index in [0.29, 0.717) is 102 Å². The van der Waals surface area contributed by atoms with Crippen molar-refractivity contribution in [1.29, 1.82) is 0 Å². The van der Waals surface area contributed by atoms with Crippen molar-refractivity contribution in [3.05, 3.63) is 115 Å². The molecular weight excluding hydrogens is 1210 g/mol. The third kappa shape index (κ3) is 13.7. The normalized spacial score (nSPS) is 18.9. The molecule has 0 unspecified atom stereocenters. The molecular formula is C63H68Cl4N6O10S2. The summed E-state index contributed by atoms with van der Waals surface area (Å²) in [5, 5.41) is 22.3. The Labute approximate surface area is 521 Å². The molecule has 4 heterocycles. The second-order valence-electron chi connectivity index (χ2n) is 23.0. The van der Waals surface area contributed by atoms with Crippen LogP contribution in [0.25, 0.3) is 42.9 Å². The summed E-state index contributed by atoms with van der Waals surface area (Å²) in [4.78, 5) is 38.2. The maximum Gasteiger partial charge on any atom is 0.338 e. The highest BCUT2D eigenvalue weighted by Gasteiger charge is 2.37. The smallest absolute Gasteiger partial charge is 0.338 e. The first-order valence-corrected chi connectivity index (χ1v) is 32.2. The molecule has 0 spiro atoms. The molecule has 0 aliphatic heterocycles. The van der Waals surface area contributed by atoms with Gasteiger partial charge >= 0.3 is 11.9 Å². The fourth-order valence-corrected chi connectivity index (χ4v) is 14.6. The minimum absolute atomic E-state index is 0.0508. The number of nitrogens with zero attached hydrogens (tertiary/aromatic N) is 6. The number of thiazole rings is 2. The maximum atomic E-state index is 12.3. The van der Waals surface area contributed by atoms with Gasteiger partial charge in [-0.05, 0) is 153 Å². The summed E-state index contributed by atoms with van der Waals surface area (Å²) in [6.07, 6.45) is 12.0. The Morgan fingerprint density at radius 2 is 0.988 bits per heavy atom. The first-order valence-electron chi connectivity index (χ1n) is 29.0. The van der Waals surface area contributed by atoms with Crippen molar-refractivity contribution in [1.82, 2.24) is 20.3 Å². The number of benzene rings is 4. The van der Waals surface area contributed by atoms with Crippen molar-refractivity contribution in [2.75, 3.05) is 31.0 Å². The Hall–Kier alpha value is -5.70. The van der Waals surface area contributed by atoms with Crippen LogP contribution in [0.3, 0.4) is 0 Å². The van der Waals surface area contributed by atoms with Crippen molar-refractivity contribution >= 4 is 112 Å².